The molecule has 1 saturated heterocycles. The van der Waals surface area contributed by atoms with Gasteiger partial charge in [-0.1, -0.05) is 64.3 Å². The lowest BCUT2D eigenvalue weighted by molar-refractivity contribution is -0.137. The van der Waals surface area contributed by atoms with Crippen molar-refractivity contribution in [3.05, 3.63) is 24.8 Å². The number of hydrogen-bond acceptors (Lipinski definition) is 18. The SMILES string of the molecule is CCCCCCCC=CC(=O)SCCNC(=O)CCNC(=O)C(O)C(C)(C)COP(=O)(O)OP(=O)(O)OC[C@H]1O[C@@H](n2cnc3c(N)ncnc32)[C@H](O)[C@@H]1OP(=O)(O)O. The van der Waals surface area contributed by atoms with Gasteiger partial charge in [0.1, 0.15) is 36.3 Å². The molecule has 0 bridgehead atoms. The van der Waals surface area contributed by atoms with Crippen LogP contribution in [0.15, 0.2) is 24.8 Å². The van der Waals surface area contributed by atoms with Gasteiger partial charge in [0.15, 0.2) is 17.7 Å². The fourth-order valence-corrected chi connectivity index (χ4v) is 8.80. The van der Waals surface area contributed by atoms with Gasteiger partial charge in [-0.3, -0.25) is 32.5 Å². The number of nitrogen functional groups attached to an aromatic ring is 1. The van der Waals surface area contributed by atoms with Crippen LogP contribution in [0.2, 0.25) is 0 Å². The van der Waals surface area contributed by atoms with E-state index in [-0.39, 0.29) is 41.6 Å². The van der Waals surface area contributed by atoms with E-state index in [1.807, 2.05) is 6.08 Å². The van der Waals surface area contributed by atoms with E-state index in [2.05, 4.69) is 41.3 Å². The number of aliphatic hydroxyl groups is 2. The highest BCUT2D eigenvalue weighted by atomic mass is 32.2. The zero-order chi connectivity index (χ0) is 44.0. The normalized spacial score (nSPS) is 21.3. The number of ether oxygens (including phenoxy) is 1. The number of amides is 2. The first-order chi connectivity index (χ1) is 27.6. The van der Waals surface area contributed by atoms with Gasteiger partial charge in [-0.15, -0.1) is 0 Å². The van der Waals surface area contributed by atoms with Gasteiger partial charge >= 0.3 is 23.5 Å². The molecular weight excluding hydrogens is 867 g/mol. The van der Waals surface area contributed by atoms with Crippen LogP contribution in [0.3, 0.4) is 0 Å². The van der Waals surface area contributed by atoms with E-state index >= 15 is 0 Å². The molecule has 3 unspecified atom stereocenters. The minimum absolute atomic E-state index is 0.0313. The Morgan fingerprint density at radius 2 is 1.73 bits per heavy atom. The van der Waals surface area contributed by atoms with Crippen LogP contribution >= 0.6 is 35.2 Å². The molecule has 0 saturated carbocycles. The molecule has 0 aliphatic carbocycles. The third-order valence-electron chi connectivity index (χ3n) is 8.47. The van der Waals surface area contributed by atoms with Crippen molar-refractivity contribution in [1.82, 2.24) is 30.2 Å². The van der Waals surface area contributed by atoms with Crippen molar-refractivity contribution >= 4 is 69.1 Å². The van der Waals surface area contributed by atoms with Crippen molar-refractivity contribution in [3.63, 3.8) is 0 Å². The highest BCUT2D eigenvalue weighted by Gasteiger charge is 2.50. The lowest BCUT2D eigenvalue weighted by Gasteiger charge is -2.30. The highest BCUT2D eigenvalue weighted by Crippen LogP contribution is 2.61. The van der Waals surface area contributed by atoms with Crippen LogP contribution in [0.4, 0.5) is 5.82 Å². The first-order valence-corrected chi connectivity index (χ1v) is 23.8. The maximum atomic E-state index is 12.7. The maximum absolute atomic E-state index is 12.7. The van der Waals surface area contributed by atoms with Crippen molar-refractivity contribution in [2.24, 2.45) is 5.41 Å². The number of allylic oxidation sites excluding steroid dienone is 1. The molecule has 24 nitrogen and oxygen atoms in total. The van der Waals surface area contributed by atoms with Crippen LogP contribution in [0.25, 0.3) is 11.2 Å². The van der Waals surface area contributed by atoms with E-state index in [9.17, 15) is 57.9 Å². The lowest BCUT2D eigenvalue weighted by Crippen LogP contribution is -2.46. The molecule has 1 aliphatic heterocycles. The largest absolute Gasteiger partial charge is 0.481 e. The average Bonchev–Trinajstić information content (AvgIpc) is 3.71. The number of nitrogens with two attached hydrogens (primary N) is 1. The molecule has 3 heterocycles. The molecule has 2 amide bonds. The number of anilines is 1. The van der Waals surface area contributed by atoms with Gasteiger partial charge in [0.25, 0.3) is 0 Å². The van der Waals surface area contributed by atoms with Crippen molar-refractivity contribution < 1.29 is 80.5 Å². The molecular formula is C31H52N7O17P3S. The molecule has 0 spiro atoms. The van der Waals surface area contributed by atoms with Crippen LogP contribution in [0.5, 0.6) is 0 Å². The molecule has 7 atom stereocenters. The first kappa shape index (κ1) is 50.7. The fraction of sp³-hybridized carbons (Fsp3) is 0.677. The Morgan fingerprint density at radius 1 is 1.03 bits per heavy atom. The molecule has 334 valence electrons. The summed E-state index contributed by atoms with van der Waals surface area (Å²) in [5.74, 6) is -1.11. The predicted molar refractivity (Wildman–Crippen MR) is 210 cm³/mol. The number of aliphatic hydroxyl groups excluding tert-OH is 2. The number of thioether (sulfide) groups is 1. The van der Waals surface area contributed by atoms with E-state index in [1.54, 1.807) is 0 Å². The van der Waals surface area contributed by atoms with Gasteiger partial charge in [0, 0.05) is 30.7 Å². The van der Waals surface area contributed by atoms with Gasteiger partial charge in [0.2, 0.25) is 16.9 Å². The summed E-state index contributed by atoms with van der Waals surface area (Å²) in [5, 5.41) is 26.3. The molecule has 1 fully saturated rings. The summed E-state index contributed by atoms with van der Waals surface area (Å²) < 4.78 is 62.2. The second-order valence-electron chi connectivity index (χ2n) is 13.8. The van der Waals surface area contributed by atoms with Crippen molar-refractivity contribution in [1.29, 1.82) is 0 Å². The Morgan fingerprint density at radius 3 is 2.42 bits per heavy atom. The number of phosphoric ester groups is 3. The molecule has 3 rings (SSSR count). The van der Waals surface area contributed by atoms with Gasteiger partial charge < -0.3 is 50.9 Å². The number of nitrogens with one attached hydrogen (secondary N) is 2. The number of carbonyl (C=O) groups excluding carboxylic acids is 3. The standard InChI is InChI=1S/C31H52N7O17P3S/c1-4-5-6-7-8-9-10-11-22(40)59-15-14-33-21(39)12-13-34-29(43)26(42)31(2,3)17-52-58(49,50)55-57(47,48)51-16-20-25(54-56(44,45)46)24(41)30(53-20)38-19-37-23-27(32)35-18-36-28(23)38/h10-11,18-20,24-26,30,41-42H,4-9,12-17H2,1-3H3,(H,33,39)(H,34,43)(H,47,48)(H,49,50)(H2,32,35,36)(H2,44,45,46)/t20-,24-,25-,26?,30-/m1/s1. The summed E-state index contributed by atoms with van der Waals surface area (Å²) >= 11 is 1.06. The topological polar surface area (TPSA) is 364 Å². The summed E-state index contributed by atoms with van der Waals surface area (Å²) in [6.45, 7) is 2.65. The second kappa shape index (κ2) is 22.9. The van der Waals surface area contributed by atoms with E-state index in [1.165, 1.54) is 32.8 Å². The molecule has 1 aliphatic rings. The maximum Gasteiger partial charge on any atom is 0.481 e. The molecule has 2 aromatic rings. The third-order valence-corrected chi connectivity index (χ3v) is 12.4. The van der Waals surface area contributed by atoms with Gasteiger partial charge in [0.05, 0.1) is 19.5 Å². The van der Waals surface area contributed by atoms with Gasteiger partial charge in [-0.05, 0) is 18.9 Å². The van der Waals surface area contributed by atoms with E-state index in [0.717, 1.165) is 54.7 Å². The Hall–Kier alpha value is -2.70. The van der Waals surface area contributed by atoms with Crippen LogP contribution in [0, 0.1) is 5.41 Å². The number of phosphoric acid groups is 3. The van der Waals surface area contributed by atoms with Crippen LogP contribution in [-0.2, 0) is 50.7 Å². The predicted octanol–water partition coefficient (Wildman–Crippen LogP) is 1.58. The van der Waals surface area contributed by atoms with Crippen LogP contribution in [0.1, 0.15) is 71.9 Å². The van der Waals surface area contributed by atoms with Gasteiger partial charge in [-0.2, -0.15) is 4.31 Å². The Bertz CT molecular complexity index is 1900. The lowest BCUT2D eigenvalue weighted by atomic mass is 9.87. The van der Waals surface area contributed by atoms with Crippen molar-refractivity contribution in [2.45, 2.75) is 96.4 Å². The molecule has 10 N–H and O–H groups in total. The summed E-state index contributed by atoms with van der Waals surface area (Å²) in [5.41, 5.74) is 4.27. The molecule has 0 radical (unpaired) electrons. The smallest absolute Gasteiger partial charge is 0.386 e. The Balaban J connectivity index is 1.43. The van der Waals surface area contributed by atoms with E-state index < -0.39 is 84.6 Å². The number of imidazole rings is 1. The Labute approximate surface area is 343 Å². The molecule has 0 aromatic carbocycles. The summed E-state index contributed by atoms with van der Waals surface area (Å²) in [4.78, 5) is 87.7. The zero-order valence-electron chi connectivity index (χ0n) is 32.5. The average molecular weight is 920 g/mol. The third kappa shape index (κ3) is 16.9. The minimum atomic E-state index is -5.57. The molecule has 59 heavy (non-hydrogen) atoms. The zero-order valence-corrected chi connectivity index (χ0v) is 36.0. The van der Waals surface area contributed by atoms with Crippen molar-refractivity contribution in [2.75, 3.05) is 37.8 Å². The number of hydrogen-bond donors (Lipinski definition) is 9. The van der Waals surface area contributed by atoms with E-state index in [0.29, 0.717) is 5.75 Å². The highest BCUT2D eigenvalue weighted by molar-refractivity contribution is 8.14. The quantitative estimate of drug-likeness (QED) is 0.0367. The number of unbranched alkanes of at least 4 members (excludes halogenated alkanes) is 5. The summed E-state index contributed by atoms with van der Waals surface area (Å²) in [7, 11) is -16.4. The minimum Gasteiger partial charge on any atom is -0.386 e. The molecule has 28 heteroatoms. The van der Waals surface area contributed by atoms with Crippen molar-refractivity contribution in [3.8, 4) is 0 Å². The first-order valence-electron chi connectivity index (χ1n) is 18.3. The summed E-state index contributed by atoms with van der Waals surface area (Å²) in [6, 6.07) is 0. The van der Waals surface area contributed by atoms with Crippen LogP contribution in [-0.4, -0.2) is 123 Å². The number of rotatable bonds is 26. The number of aromatic nitrogens is 4. The van der Waals surface area contributed by atoms with Crippen LogP contribution < -0.4 is 16.4 Å². The monoisotopic (exact) mass is 919 g/mol. The summed E-state index contributed by atoms with van der Waals surface area (Å²) in [6.07, 6.45) is 2.97. The Kier molecular flexibility index (Phi) is 19.7. The van der Waals surface area contributed by atoms with Gasteiger partial charge in [-0.25, -0.2) is 28.6 Å². The number of fused-ring (bicyclic) bond motifs is 1. The number of carbonyl (C=O) groups is 3. The number of nitrogens with zero attached hydrogens (tertiary/aromatic N) is 4. The molecule has 2 aromatic heterocycles. The van der Waals surface area contributed by atoms with E-state index in [4.69, 9.17) is 19.5 Å². The fourth-order valence-electron chi connectivity index (χ4n) is 5.38. The second-order valence-corrected chi connectivity index (χ2v) is 19.2.